The van der Waals surface area contributed by atoms with Crippen LogP contribution in [0.15, 0.2) is 41.3 Å². The molecule has 41 heavy (non-hydrogen) atoms. The number of nitrogens with one attached hydrogen (secondary N) is 1. The molecular formula is C31H43N3O6S. The van der Waals surface area contributed by atoms with Crippen LogP contribution in [0.4, 0.5) is 5.69 Å². The lowest BCUT2D eigenvalue weighted by Gasteiger charge is -2.29. The molecule has 1 saturated heterocycles. The van der Waals surface area contributed by atoms with Crippen LogP contribution in [0.2, 0.25) is 0 Å². The highest BCUT2D eigenvalue weighted by Gasteiger charge is 2.21. The number of benzene rings is 2. The summed E-state index contributed by atoms with van der Waals surface area (Å²) in [5.41, 5.74) is 1.56. The van der Waals surface area contributed by atoms with Crippen molar-refractivity contribution >= 4 is 27.3 Å². The fraction of sp³-hybridized carbons (Fsp3) is 0.548. The van der Waals surface area contributed by atoms with Crippen LogP contribution in [0.5, 0.6) is 11.5 Å². The minimum atomic E-state index is -3.57. The lowest BCUT2D eigenvalue weighted by molar-refractivity contribution is -0.130. The second-order valence-corrected chi connectivity index (χ2v) is 13.1. The summed E-state index contributed by atoms with van der Waals surface area (Å²) in [6.45, 7) is 8.05. The summed E-state index contributed by atoms with van der Waals surface area (Å²) in [4.78, 5) is 30.0. The van der Waals surface area contributed by atoms with Gasteiger partial charge in [0.15, 0.2) is 21.3 Å². The first-order valence-corrected chi connectivity index (χ1v) is 16.6. The Morgan fingerprint density at radius 3 is 2.63 bits per heavy atom. The number of hydrogen-bond donors (Lipinski definition) is 1. The van der Waals surface area contributed by atoms with Crippen LogP contribution in [-0.4, -0.2) is 75.3 Å². The van der Waals surface area contributed by atoms with Crippen LogP contribution in [0, 0.1) is 0 Å². The van der Waals surface area contributed by atoms with E-state index in [2.05, 4.69) is 24.1 Å². The zero-order valence-electron chi connectivity index (χ0n) is 24.5. The molecule has 0 radical (unpaired) electrons. The molecule has 1 atom stereocenters. The molecule has 1 fully saturated rings. The van der Waals surface area contributed by atoms with Gasteiger partial charge in [0.1, 0.15) is 0 Å². The van der Waals surface area contributed by atoms with Crippen molar-refractivity contribution in [1.82, 2.24) is 9.80 Å². The van der Waals surface area contributed by atoms with Crippen molar-refractivity contribution in [3.05, 3.63) is 47.5 Å². The van der Waals surface area contributed by atoms with Gasteiger partial charge in [-0.3, -0.25) is 9.59 Å². The number of anilines is 1. The maximum Gasteiger partial charge on any atom is 0.255 e. The standard InChI is InChI=1S/C31H43N3O6S/c1-4-15-33(16-8-9-18-34-17-7-5-6-10-30(34)35)23(2)19-24-11-14-29(41(3,37)38)26(20-24)32-31(36)25-12-13-27-28(21-25)40-22-39-27/h11-14,20-21,23H,4-10,15-19,22H2,1-3H3,(H,32,36). The van der Waals surface area contributed by atoms with Crippen LogP contribution in [0.25, 0.3) is 0 Å². The van der Waals surface area contributed by atoms with E-state index in [1.54, 1.807) is 30.3 Å². The maximum absolute atomic E-state index is 13.1. The second-order valence-electron chi connectivity index (χ2n) is 11.1. The number of rotatable bonds is 13. The van der Waals surface area contributed by atoms with E-state index < -0.39 is 15.7 Å². The van der Waals surface area contributed by atoms with E-state index in [0.29, 0.717) is 35.8 Å². The Bertz CT molecular complexity index is 1330. The first-order chi connectivity index (χ1) is 19.7. The molecule has 0 bridgehead atoms. The molecule has 0 saturated carbocycles. The van der Waals surface area contributed by atoms with Gasteiger partial charge in [-0.2, -0.15) is 0 Å². The van der Waals surface area contributed by atoms with Gasteiger partial charge in [0, 0.05) is 37.4 Å². The lowest BCUT2D eigenvalue weighted by atomic mass is 10.0. The highest BCUT2D eigenvalue weighted by atomic mass is 32.2. The first kappa shape index (κ1) is 30.8. The monoisotopic (exact) mass is 585 g/mol. The van der Waals surface area contributed by atoms with Gasteiger partial charge in [-0.25, -0.2) is 8.42 Å². The summed E-state index contributed by atoms with van der Waals surface area (Å²) < 4.78 is 35.8. The molecule has 9 nitrogen and oxygen atoms in total. The van der Waals surface area contributed by atoms with Crippen molar-refractivity contribution in [2.75, 3.05) is 44.5 Å². The van der Waals surface area contributed by atoms with Gasteiger partial charge in [0.25, 0.3) is 5.91 Å². The van der Waals surface area contributed by atoms with E-state index in [0.717, 1.165) is 76.5 Å². The predicted octanol–water partition coefficient (Wildman–Crippen LogP) is 4.90. The Balaban J connectivity index is 1.40. The molecule has 1 unspecified atom stereocenters. The lowest BCUT2D eigenvalue weighted by Crippen LogP contribution is -2.37. The van der Waals surface area contributed by atoms with Crippen LogP contribution in [0.1, 0.15) is 74.7 Å². The number of hydrogen-bond acceptors (Lipinski definition) is 7. The summed E-state index contributed by atoms with van der Waals surface area (Å²) in [5.74, 6) is 0.924. The minimum Gasteiger partial charge on any atom is -0.454 e. The van der Waals surface area contributed by atoms with Crippen LogP contribution in [0.3, 0.4) is 0 Å². The molecule has 1 N–H and O–H groups in total. The van der Waals surface area contributed by atoms with Crippen LogP contribution < -0.4 is 14.8 Å². The molecule has 2 aliphatic rings. The number of carbonyl (C=O) groups excluding carboxylic acids is 2. The molecule has 2 aromatic carbocycles. The number of carbonyl (C=O) groups is 2. The van der Waals surface area contributed by atoms with Crippen molar-refractivity contribution in [3.8, 4) is 11.5 Å². The molecule has 4 rings (SSSR count). The summed E-state index contributed by atoms with van der Waals surface area (Å²) >= 11 is 0. The molecule has 224 valence electrons. The molecule has 0 aliphatic carbocycles. The van der Waals surface area contributed by atoms with Crippen molar-refractivity contribution in [2.24, 2.45) is 0 Å². The third-order valence-electron chi connectivity index (χ3n) is 7.79. The zero-order valence-corrected chi connectivity index (χ0v) is 25.3. The predicted molar refractivity (Wildman–Crippen MR) is 159 cm³/mol. The van der Waals surface area contributed by atoms with Crippen LogP contribution >= 0.6 is 0 Å². The summed E-state index contributed by atoms with van der Waals surface area (Å²) in [6.07, 6.45) is 8.79. The molecule has 2 amide bonds. The van der Waals surface area contributed by atoms with Gasteiger partial charge in [-0.15, -0.1) is 0 Å². The zero-order chi connectivity index (χ0) is 29.4. The van der Waals surface area contributed by atoms with Gasteiger partial charge in [0.05, 0.1) is 10.6 Å². The Kier molecular flexibility index (Phi) is 10.7. The Hall–Kier alpha value is -3.11. The number of amides is 2. The fourth-order valence-corrected chi connectivity index (χ4v) is 6.38. The number of likely N-dealkylation sites (tertiary alicyclic amines) is 1. The molecule has 2 aliphatic heterocycles. The third-order valence-corrected chi connectivity index (χ3v) is 8.94. The quantitative estimate of drug-likeness (QED) is 0.334. The molecule has 10 heteroatoms. The largest absolute Gasteiger partial charge is 0.454 e. The summed E-state index contributed by atoms with van der Waals surface area (Å²) in [5, 5.41) is 2.81. The first-order valence-electron chi connectivity index (χ1n) is 14.7. The van der Waals surface area contributed by atoms with E-state index in [1.165, 1.54) is 0 Å². The van der Waals surface area contributed by atoms with Gasteiger partial charge in [0.2, 0.25) is 12.7 Å². The van der Waals surface area contributed by atoms with Gasteiger partial charge >= 0.3 is 0 Å². The van der Waals surface area contributed by atoms with Crippen LogP contribution in [-0.2, 0) is 21.1 Å². The SMILES string of the molecule is CCCN(CCCCN1CCCCCC1=O)C(C)Cc1ccc(S(C)(=O)=O)c(NC(=O)c2ccc3c(c2)OCO3)c1. The Morgan fingerprint density at radius 2 is 1.85 bits per heavy atom. The highest BCUT2D eigenvalue weighted by molar-refractivity contribution is 7.90. The van der Waals surface area contributed by atoms with E-state index in [1.807, 2.05) is 11.0 Å². The van der Waals surface area contributed by atoms with E-state index in [9.17, 15) is 18.0 Å². The van der Waals surface area contributed by atoms with E-state index in [-0.39, 0.29) is 23.4 Å². The van der Waals surface area contributed by atoms with E-state index in [4.69, 9.17) is 9.47 Å². The van der Waals surface area contributed by atoms with Crippen molar-refractivity contribution < 1.29 is 27.5 Å². The van der Waals surface area contributed by atoms with Crippen molar-refractivity contribution in [2.45, 2.75) is 76.2 Å². The molecular weight excluding hydrogens is 542 g/mol. The Labute approximate surface area is 244 Å². The molecule has 2 aromatic rings. The second kappa shape index (κ2) is 14.2. The topological polar surface area (TPSA) is 105 Å². The fourth-order valence-electron chi connectivity index (χ4n) is 5.56. The summed E-state index contributed by atoms with van der Waals surface area (Å²) in [7, 11) is -3.57. The van der Waals surface area contributed by atoms with Gasteiger partial charge in [-0.05, 0) is 94.4 Å². The average molecular weight is 586 g/mol. The van der Waals surface area contributed by atoms with Crippen molar-refractivity contribution in [3.63, 3.8) is 0 Å². The number of ether oxygens (including phenoxy) is 2. The maximum atomic E-state index is 13.1. The Morgan fingerprint density at radius 1 is 1.05 bits per heavy atom. The number of nitrogens with zero attached hydrogens (tertiary/aromatic N) is 2. The van der Waals surface area contributed by atoms with E-state index >= 15 is 0 Å². The number of fused-ring (bicyclic) bond motifs is 1. The number of sulfone groups is 1. The normalized spacial score (nSPS) is 16.1. The third kappa shape index (κ3) is 8.45. The van der Waals surface area contributed by atoms with Gasteiger partial charge in [-0.1, -0.05) is 19.4 Å². The summed E-state index contributed by atoms with van der Waals surface area (Å²) in [6, 6.07) is 10.3. The minimum absolute atomic E-state index is 0.0801. The smallest absolute Gasteiger partial charge is 0.255 e. The molecule has 2 heterocycles. The van der Waals surface area contributed by atoms with Gasteiger partial charge < -0.3 is 24.6 Å². The molecule has 0 aromatic heterocycles. The van der Waals surface area contributed by atoms with Crippen molar-refractivity contribution in [1.29, 1.82) is 0 Å². The highest BCUT2D eigenvalue weighted by Crippen LogP contribution is 2.33. The average Bonchev–Trinajstić information content (AvgIpc) is 3.31. The number of unbranched alkanes of at least 4 members (excludes halogenated alkanes) is 1. The molecule has 0 spiro atoms.